The number of aryl methyl sites for hydroxylation is 1. The summed E-state index contributed by atoms with van der Waals surface area (Å²) in [4.78, 5) is 4.67. The smallest absolute Gasteiger partial charge is 0.0593 e. The fraction of sp³-hybridized carbons (Fsp3) is 0.333. The minimum atomic E-state index is -0.0608. The van der Waals surface area contributed by atoms with Crippen LogP contribution in [0, 0.1) is 0 Å². The first kappa shape index (κ1) is 23.0. The summed E-state index contributed by atoms with van der Waals surface area (Å²) in [5, 5.41) is 0. The first-order chi connectivity index (χ1) is 15.7. The quantitative estimate of drug-likeness (QED) is 0.273. The Hall–Kier alpha value is -2.20. The molecule has 3 nitrogen and oxygen atoms in total. The largest absolute Gasteiger partial charge is 0.369 e. The Bertz CT molecular complexity index is 952. The lowest BCUT2D eigenvalue weighted by molar-refractivity contribution is 0.716. The van der Waals surface area contributed by atoms with Crippen LogP contribution in [0.5, 0.6) is 0 Å². The van der Waals surface area contributed by atoms with Gasteiger partial charge in [0.25, 0.3) is 0 Å². The summed E-state index contributed by atoms with van der Waals surface area (Å²) in [5.41, 5.74) is 14.0. The maximum Gasteiger partial charge on any atom is 0.0593 e. The van der Waals surface area contributed by atoms with Crippen molar-refractivity contribution in [3.05, 3.63) is 89.5 Å². The molecule has 0 fully saturated rings. The topological polar surface area (TPSA) is 32.5 Å². The molecule has 2 N–H and O–H groups in total. The van der Waals surface area contributed by atoms with Crippen LogP contribution >= 0.6 is 23.2 Å². The summed E-state index contributed by atoms with van der Waals surface area (Å²) in [5.74, 6) is 1.21. The third kappa shape index (κ3) is 5.06. The van der Waals surface area contributed by atoms with Gasteiger partial charge in [-0.3, -0.25) is 0 Å². The summed E-state index contributed by atoms with van der Waals surface area (Å²) in [7, 11) is 0. The van der Waals surface area contributed by atoms with Crippen LogP contribution in [0.2, 0.25) is 0 Å². The molecule has 0 amide bonds. The normalized spacial score (nSPS) is 13.0. The van der Waals surface area contributed by atoms with Crippen molar-refractivity contribution in [1.29, 1.82) is 0 Å². The zero-order valence-corrected chi connectivity index (χ0v) is 19.9. The molecular weight excluding hydrogens is 437 g/mol. The van der Waals surface area contributed by atoms with Crippen molar-refractivity contribution >= 4 is 40.3 Å². The fourth-order valence-electron chi connectivity index (χ4n) is 4.58. The van der Waals surface area contributed by atoms with Gasteiger partial charge in [-0.25, -0.2) is 0 Å². The molecule has 32 heavy (non-hydrogen) atoms. The molecule has 0 aliphatic carbocycles. The van der Waals surface area contributed by atoms with Crippen LogP contribution in [-0.4, -0.2) is 31.4 Å². The van der Waals surface area contributed by atoms with Crippen LogP contribution in [-0.2, 0) is 6.42 Å². The second-order valence-corrected chi connectivity index (χ2v) is 8.99. The Morgan fingerprint density at radius 2 is 1.31 bits per heavy atom. The average molecular weight is 468 g/mol. The van der Waals surface area contributed by atoms with Gasteiger partial charge in [0.15, 0.2) is 0 Å². The summed E-state index contributed by atoms with van der Waals surface area (Å²) in [6, 6.07) is 25.8. The molecular formula is C27H31Cl2N3. The van der Waals surface area contributed by atoms with Crippen LogP contribution in [0.25, 0.3) is 0 Å². The first-order valence-electron chi connectivity index (χ1n) is 11.4. The number of hydrogen-bond donors (Lipinski definition) is 1. The molecule has 0 radical (unpaired) electrons. The number of nitrogens with zero attached hydrogens (tertiary/aromatic N) is 2. The zero-order chi connectivity index (χ0) is 22.3. The van der Waals surface area contributed by atoms with E-state index in [1.807, 2.05) is 0 Å². The maximum absolute atomic E-state index is 6.58. The fourth-order valence-corrected chi connectivity index (χ4v) is 4.99. The highest BCUT2D eigenvalue weighted by Gasteiger charge is 2.27. The van der Waals surface area contributed by atoms with Gasteiger partial charge >= 0.3 is 0 Å². The van der Waals surface area contributed by atoms with E-state index in [0.717, 1.165) is 38.9 Å². The second-order valence-electron chi connectivity index (χ2n) is 8.24. The number of rotatable bonds is 10. The van der Waals surface area contributed by atoms with E-state index in [1.54, 1.807) is 0 Å². The molecule has 1 aliphatic rings. The minimum Gasteiger partial charge on any atom is -0.369 e. The van der Waals surface area contributed by atoms with Crippen molar-refractivity contribution in [2.45, 2.75) is 25.3 Å². The Kier molecular flexibility index (Phi) is 7.96. The molecule has 0 bridgehead atoms. The van der Waals surface area contributed by atoms with E-state index in [4.69, 9.17) is 28.9 Å². The number of anilines is 3. The Morgan fingerprint density at radius 1 is 0.750 bits per heavy atom. The lowest BCUT2D eigenvalue weighted by Gasteiger charge is -2.36. The molecule has 4 rings (SSSR count). The summed E-state index contributed by atoms with van der Waals surface area (Å²) in [6.45, 7) is 2.62. The van der Waals surface area contributed by atoms with Crippen molar-refractivity contribution in [2.24, 2.45) is 5.73 Å². The third-order valence-electron chi connectivity index (χ3n) is 6.23. The molecule has 5 heteroatoms. The molecule has 0 spiro atoms. The number of benzene rings is 3. The highest BCUT2D eigenvalue weighted by atomic mass is 35.5. The van der Waals surface area contributed by atoms with Gasteiger partial charge in [0, 0.05) is 48.5 Å². The lowest BCUT2D eigenvalue weighted by Crippen LogP contribution is -2.29. The van der Waals surface area contributed by atoms with Gasteiger partial charge in [0.05, 0.1) is 6.04 Å². The first-order valence-corrected chi connectivity index (χ1v) is 12.5. The van der Waals surface area contributed by atoms with Crippen LogP contribution < -0.4 is 15.5 Å². The monoisotopic (exact) mass is 467 g/mol. The van der Waals surface area contributed by atoms with Crippen molar-refractivity contribution in [3.63, 3.8) is 0 Å². The van der Waals surface area contributed by atoms with Crippen molar-refractivity contribution in [2.75, 3.05) is 41.2 Å². The number of alkyl halides is 2. The number of fused-ring (bicyclic) bond motifs is 2. The predicted molar refractivity (Wildman–Crippen MR) is 139 cm³/mol. The van der Waals surface area contributed by atoms with E-state index in [1.165, 1.54) is 33.8 Å². The molecule has 168 valence electrons. The SMILES string of the molecule is NC1c2ccccc2N(CCCCc2ccc(N(CCCl)CCCl)cc2)c2ccccc21. The van der Waals surface area contributed by atoms with Crippen LogP contribution in [0.1, 0.15) is 35.6 Å². The highest BCUT2D eigenvalue weighted by molar-refractivity contribution is 6.18. The lowest BCUT2D eigenvalue weighted by atomic mass is 9.91. The Labute approximate surface area is 201 Å². The summed E-state index contributed by atoms with van der Waals surface area (Å²) in [6.07, 6.45) is 3.32. The van der Waals surface area contributed by atoms with Crippen LogP contribution in [0.3, 0.4) is 0 Å². The maximum atomic E-state index is 6.58. The van der Waals surface area contributed by atoms with E-state index in [-0.39, 0.29) is 6.04 Å². The molecule has 0 saturated heterocycles. The van der Waals surface area contributed by atoms with Gasteiger partial charge in [0.2, 0.25) is 0 Å². The van der Waals surface area contributed by atoms with Gasteiger partial charge in [-0.1, -0.05) is 48.5 Å². The number of hydrogen-bond acceptors (Lipinski definition) is 3. The van der Waals surface area contributed by atoms with Crippen LogP contribution in [0.15, 0.2) is 72.8 Å². The van der Waals surface area contributed by atoms with Crippen molar-refractivity contribution < 1.29 is 0 Å². The molecule has 3 aromatic rings. The highest BCUT2D eigenvalue weighted by Crippen LogP contribution is 2.43. The zero-order valence-electron chi connectivity index (χ0n) is 18.4. The van der Waals surface area contributed by atoms with Crippen molar-refractivity contribution in [1.82, 2.24) is 0 Å². The number of nitrogens with two attached hydrogens (primary N) is 1. The molecule has 1 heterocycles. The van der Waals surface area contributed by atoms with Crippen molar-refractivity contribution in [3.8, 4) is 0 Å². The second kappa shape index (κ2) is 11.1. The van der Waals surface area contributed by atoms with E-state index in [2.05, 4.69) is 82.6 Å². The molecule has 0 atom stereocenters. The number of unbranched alkanes of at least 4 members (excludes halogenated alkanes) is 1. The molecule has 0 saturated carbocycles. The van der Waals surface area contributed by atoms with Crippen LogP contribution in [0.4, 0.5) is 17.1 Å². The molecule has 1 aliphatic heterocycles. The average Bonchev–Trinajstić information content (AvgIpc) is 2.84. The van der Waals surface area contributed by atoms with E-state index in [9.17, 15) is 0 Å². The van der Waals surface area contributed by atoms with E-state index < -0.39 is 0 Å². The van der Waals surface area contributed by atoms with Gasteiger partial charge in [-0.05, 0) is 60.2 Å². The number of halogens is 2. The van der Waals surface area contributed by atoms with Gasteiger partial charge in [-0.15, -0.1) is 23.2 Å². The summed E-state index contributed by atoms with van der Waals surface area (Å²) < 4.78 is 0. The third-order valence-corrected chi connectivity index (χ3v) is 6.57. The Balaban J connectivity index is 1.38. The number of para-hydroxylation sites is 2. The predicted octanol–water partition coefficient (Wildman–Crippen LogP) is 6.49. The van der Waals surface area contributed by atoms with Gasteiger partial charge < -0.3 is 15.5 Å². The minimum absolute atomic E-state index is 0.0608. The molecule has 0 unspecified atom stereocenters. The van der Waals surface area contributed by atoms with E-state index >= 15 is 0 Å². The molecule has 0 aromatic heterocycles. The molecule has 3 aromatic carbocycles. The van der Waals surface area contributed by atoms with Gasteiger partial charge in [-0.2, -0.15) is 0 Å². The van der Waals surface area contributed by atoms with E-state index in [0.29, 0.717) is 11.8 Å². The Morgan fingerprint density at radius 3 is 1.88 bits per heavy atom. The standard InChI is InChI=1S/C27H31Cl2N3/c28-16-19-31(20-17-29)22-14-12-21(13-15-22)7-5-6-18-32-25-10-3-1-8-23(25)27(30)24-9-2-4-11-26(24)32/h1-4,8-15,27H,5-7,16-20,30H2. The van der Waals surface area contributed by atoms with Gasteiger partial charge in [0.1, 0.15) is 0 Å². The summed E-state index contributed by atoms with van der Waals surface area (Å²) >= 11 is 11.9.